The lowest BCUT2D eigenvalue weighted by atomic mass is 9.94. The van der Waals surface area contributed by atoms with Gasteiger partial charge < -0.3 is 19.9 Å². The van der Waals surface area contributed by atoms with Crippen molar-refractivity contribution in [2.45, 2.75) is 38.3 Å². The third kappa shape index (κ3) is 9.00. The number of nitrogens with one attached hydrogen (secondary N) is 2. The quantitative estimate of drug-likeness (QED) is 0.167. The summed E-state index contributed by atoms with van der Waals surface area (Å²) in [6.07, 6.45) is 6.11. The van der Waals surface area contributed by atoms with Gasteiger partial charge in [-0.25, -0.2) is 19.0 Å². The maximum atomic E-state index is 15.0. The number of nitriles is 1. The summed E-state index contributed by atoms with van der Waals surface area (Å²) in [7, 11) is 0. The van der Waals surface area contributed by atoms with Crippen molar-refractivity contribution < 1.29 is 18.7 Å². The Balaban J connectivity index is 0.770. The van der Waals surface area contributed by atoms with E-state index in [0.717, 1.165) is 62.3 Å². The van der Waals surface area contributed by atoms with Gasteiger partial charge in [-0.15, -0.1) is 0 Å². The number of carbonyl (C=O) groups excluding carboxylic acids is 2. The van der Waals surface area contributed by atoms with Crippen molar-refractivity contribution in [3.63, 3.8) is 0 Å². The van der Waals surface area contributed by atoms with Gasteiger partial charge in [-0.2, -0.15) is 10.4 Å². The van der Waals surface area contributed by atoms with Crippen LogP contribution in [0.25, 0.3) is 22.6 Å². The molecule has 2 aromatic heterocycles. The minimum absolute atomic E-state index is 0.226. The van der Waals surface area contributed by atoms with Crippen LogP contribution < -0.4 is 25.8 Å². The number of aromatic nitrogens is 4. The zero-order chi connectivity index (χ0) is 39.3. The average molecular weight is 768 g/mol. The van der Waals surface area contributed by atoms with Crippen LogP contribution in [0.5, 0.6) is 5.75 Å². The highest BCUT2D eigenvalue weighted by Gasteiger charge is 2.32. The predicted molar refractivity (Wildman–Crippen MR) is 212 cm³/mol. The zero-order valence-electron chi connectivity index (χ0n) is 31.3. The summed E-state index contributed by atoms with van der Waals surface area (Å²) in [6, 6.07) is 24.5. The summed E-state index contributed by atoms with van der Waals surface area (Å²) in [5.41, 5.74) is 4.45. The molecule has 57 heavy (non-hydrogen) atoms. The summed E-state index contributed by atoms with van der Waals surface area (Å²) >= 11 is 0. The minimum atomic E-state index is -0.549. The molecule has 5 heterocycles. The van der Waals surface area contributed by atoms with Gasteiger partial charge in [0.15, 0.2) is 11.6 Å². The number of piperidine rings is 2. The number of amides is 2. The lowest BCUT2D eigenvalue weighted by Crippen LogP contribution is -2.53. The molecule has 2 amide bonds. The van der Waals surface area contributed by atoms with Crippen molar-refractivity contribution in [1.29, 1.82) is 5.26 Å². The molecule has 5 aromatic rings. The van der Waals surface area contributed by atoms with Crippen LogP contribution in [0.3, 0.4) is 0 Å². The SMILES string of the molecule is N#Cc1cccc(-c2ccc(=O)n(Cc3cccc(-c4ncc(OCC5CCN(CC6CN(c7ccc(NC8CCC(=O)NC8=O)cc7F)C6)CC5)cn4)c3)n2)c1. The van der Waals surface area contributed by atoms with Crippen molar-refractivity contribution in [3.8, 4) is 34.5 Å². The molecule has 1 atom stereocenters. The first-order valence-electron chi connectivity index (χ1n) is 19.3. The molecule has 1 unspecified atom stereocenters. The van der Waals surface area contributed by atoms with E-state index < -0.39 is 6.04 Å². The smallest absolute Gasteiger partial charge is 0.267 e. The Morgan fingerprint density at radius 1 is 0.895 bits per heavy atom. The van der Waals surface area contributed by atoms with Gasteiger partial charge in [-0.3, -0.25) is 19.7 Å². The average Bonchev–Trinajstić information content (AvgIpc) is 3.21. The number of carbonyl (C=O) groups is 2. The second-order valence-corrected chi connectivity index (χ2v) is 15.0. The third-order valence-electron chi connectivity index (χ3n) is 10.8. The van der Waals surface area contributed by atoms with Crippen LogP contribution in [0.4, 0.5) is 15.8 Å². The zero-order valence-corrected chi connectivity index (χ0v) is 31.3. The summed E-state index contributed by atoms with van der Waals surface area (Å²) in [4.78, 5) is 49.8. The first-order valence-corrected chi connectivity index (χ1v) is 19.3. The van der Waals surface area contributed by atoms with Crippen molar-refractivity contribution in [2.75, 3.05) is 49.5 Å². The van der Waals surface area contributed by atoms with E-state index in [1.54, 1.807) is 48.8 Å². The molecule has 14 heteroatoms. The Labute approximate surface area is 329 Å². The first kappa shape index (κ1) is 37.5. The molecule has 0 aliphatic carbocycles. The number of benzene rings is 3. The molecule has 2 N–H and O–H groups in total. The molecular formula is C43H42FN9O4. The molecule has 0 bridgehead atoms. The number of hydrogen-bond acceptors (Lipinski definition) is 11. The van der Waals surface area contributed by atoms with Crippen LogP contribution in [0.1, 0.15) is 36.8 Å². The first-order chi connectivity index (χ1) is 27.8. The van der Waals surface area contributed by atoms with E-state index in [1.165, 1.54) is 16.8 Å². The van der Waals surface area contributed by atoms with Crippen LogP contribution in [0.2, 0.25) is 0 Å². The molecule has 0 spiro atoms. The minimum Gasteiger partial charge on any atom is -0.490 e. The lowest BCUT2D eigenvalue weighted by molar-refractivity contribution is -0.133. The number of anilines is 2. The van der Waals surface area contributed by atoms with Gasteiger partial charge in [0, 0.05) is 54.9 Å². The molecule has 3 fully saturated rings. The molecule has 290 valence electrons. The van der Waals surface area contributed by atoms with Crippen LogP contribution >= 0.6 is 0 Å². The number of hydrogen-bond donors (Lipinski definition) is 2. The maximum absolute atomic E-state index is 15.0. The van der Waals surface area contributed by atoms with E-state index in [2.05, 4.69) is 41.6 Å². The van der Waals surface area contributed by atoms with Gasteiger partial charge >= 0.3 is 0 Å². The Bertz CT molecular complexity index is 2370. The fourth-order valence-electron chi connectivity index (χ4n) is 7.67. The topological polar surface area (TPSA) is 158 Å². The summed E-state index contributed by atoms with van der Waals surface area (Å²) < 4.78 is 22.6. The van der Waals surface area contributed by atoms with E-state index in [4.69, 9.17) is 4.74 Å². The predicted octanol–water partition coefficient (Wildman–Crippen LogP) is 4.87. The van der Waals surface area contributed by atoms with E-state index >= 15 is 4.39 Å². The van der Waals surface area contributed by atoms with Gasteiger partial charge in [0.1, 0.15) is 11.9 Å². The van der Waals surface area contributed by atoms with E-state index in [0.29, 0.717) is 59.1 Å². The second-order valence-electron chi connectivity index (χ2n) is 15.0. The molecule has 0 radical (unpaired) electrons. The summed E-state index contributed by atoms with van der Waals surface area (Å²) in [6.45, 7) is 5.42. The highest BCUT2D eigenvalue weighted by Crippen LogP contribution is 2.31. The van der Waals surface area contributed by atoms with Crippen molar-refractivity contribution in [2.24, 2.45) is 11.8 Å². The van der Waals surface area contributed by atoms with E-state index in [9.17, 15) is 19.6 Å². The van der Waals surface area contributed by atoms with Crippen LogP contribution in [-0.4, -0.2) is 81.8 Å². The second kappa shape index (κ2) is 16.7. The van der Waals surface area contributed by atoms with Gasteiger partial charge in [0.2, 0.25) is 11.8 Å². The van der Waals surface area contributed by atoms with Gasteiger partial charge in [-0.1, -0.05) is 30.3 Å². The normalized spacial score (nSPS) is 17.8. The fraction of sp³-hybridized carbons (Fsp3) is 0.326. The molecular weight excluding hydrogens is 726 g/mol. The Morgan fingerprint density at radius 3 is 2.46 bits per heavy atom. The molecule has 13 nitrogen and oxygen atoms in total. The Kier molecular flexibility index (Phi) is 11.0. The van der Waals surface area contributed by atoms with Crippen molar-refractivity contribution in [1.82, 2.24) is 30.0 Å². The third-order valence-corrected chi connectivity index (χ3v) is 10.8. The van der Waals surface area contributed by atoms with Crippen LogP contribution in [0.15, 0.2) is 96.1 Å². The molecule has 0 saturated carbocycles. The van der Waals surface area contributed by atoms with Gasteiger partial charge in [0.25, 0.3) is 5.56 Å². The van der Waals surface area contributed by atoms with Crippen LogP contribution in [0, 0.1) is 29.0 Å². The monoisotopic (exact) mass is 767 g/mol. The molecule has 3 aliphatic rings. The van der Waals surface area contributed by atoms with Crippen molar-refractivity contribution >= 4 is 23.2 Å². The van der Waals surface area contributed by atoms with Gasteiger partial charge in [0.05, 0.1) is 48.6 Å². The summed E-state index contributed by atoms with van der Waals surface area (Å²) in [5.74, 6) is 1.09. The molecule has 3 aliphatic heterocycles. The van der Waals surface area contributed by atoms with Gasteiger partial charge in [-0.05, 0) is 86.3 Å². The highest BCUT2D eigenvalue weighted by molar-refractivity contribution is 6.01. The largest absolute Gasteiger partial charge is 0.490 e. The van der Waals surface area contributed by atoms with E-state index in [1.807, 2.05) is 30.3 Å². The Morgan fingerprint density at radius 2 is 1.68 bits per heavy atom. The standard InChI is InChI=1S/C43H42FN9O4/c44-36-19-34(48-38-8-11-40(54)49-43(38)56)7-10-39(36)52-24-31(25-52)23-51-15-13-28(14-16-51)27-57-35-21-46-42(47-22-35)33-6-2-4-30(18-33)26-53-41(55)12-9-37(50-53)32-5-1-3-29(17-32)20-45/h1-7,9-10,12,17-19,21-22,28,31,38,48H,8,11,13-16,23-27H2,(H,49,54,56). The molecule has 3 saturated heterocycles. The number of rotatable bonds is 12. The lowest BCUT2D eigenvalue weighted by Gasteiger charge is -2.44. The number of likely N-dealkylation sites (tertiary alicyclic amines) is 1. The fourth-order valence-corrected chi connectivity index (χ4v) is 7.67. The number of halogens is 1. The number of nitrogens with zero attached hydrogens (tertiary/aromatic N) is 7. The van der Waals surface area contributed by atoms with Crippen LogP contribution in [-0.2, 0) is 16.1 Å². The maximum Gasteiger partial charge on any atom is 0.267 e. The summed E-state index contributed by atoms with van der Waals surface area (Å²) in [5, 5.41) is 19.2. The molecule has 8 rings (SSSR count). The number of imide groups is 1. The highest BCUT2D eigenvalue weighted by atomic mass is 19.1. The Hall–Kier alpha value is -6.46. The van der Waals surface area contributed by atoms with E-state index in [-0.39, 0.29) is 36.2 Å². The molecule has 3 aromatic carbocycles. The van der Waals surface area contributed by atoms with Crippen molar-refractivity contribution in [3.05, 3.63) is 119 Å². The number of ether oxygens (including phenoxy) is 1.